The molecule has 1 heterocycles. The van der Waals surface area contributed by atoms with Crippen LogP contribution in [0.4, 0.5) is 0 Å². The summed E-state index contributed by atoms with van der Waals surface area (Å²) < 4.78 is 5.44. The molecule has 0 unspecified atom stereocenters. The van der Waals surface area contributed by atoms with Gasteiger partial charge in [0.05, 0.1) is 19.1 Å². The van der Waals surface area contributed by atoms with Crippen molar-refractivity contribution in [1.29, 1.82) is 0 Å². The van der Waals surface area contributed by atoms with Crippen molar-refractivity contribution < 1.29 is 14.6 Å². The molecule has 0 amide bonds. The Balaban J connectivity index is 1.52. The summed E-state index contributed by atoms with van der Waals surface area (Å²) in [4.78, 5) is 13.7. The number of hydrogen-bond donors (Lipinski definition) is 1. The first-order valence-corrected chi connectivity index (χ1v) is 9.31. The molecule has 130 valence electrons. The number of carboxylic acids is 1. The summed E-state index contributed by atoms with van der Waals surface area (Å²) in [5.74, 6) is -0.736. The minimum Gasteiger partial charge on any atom is -0.481 e. The average Bonchev–Trinajstić information content (AvgIpc) is 2.94. The molecule has 1 aliphatic heterocycles. The van der Waals surface area contributed by atoms with Crippen molar-refractivity contribution in [2.45, 2.75) is 50.5 Å². The molecule has 24 heavy (non-hydrogen) atoms. The Morgan fingerprint density at radius 2 is 1.96 bits per heavy atom. The lowest BCUT2D eigenvalue weighted by molar-refractivity contribution is -0.143. The van der Waals surface area contributed by atoms with Crippen molar-refractivity contribution in [3.63, 3.8) is 0 Å². The molecule has 2 fully saturated rings. The van der Waals surface area contributed by atoms with Crippen LogP contribution < -0.4 is 0 Å². The first-order chi connectivity index (χ1) is 11.7. The van der Waals surface area contributed by atoms with Crippen molar-refractivity contribution in [3.05, 3.63) is 34.9 Å². The number of rotatable bonds is 3. The Morgan fingerprint density at radius 3 is 2.67 bits per heavy atom. The van der Waals surface area contributed by atoms with Crippen LogP contribution >= 0.6 is 0 Å². The smallest absolute Gasteiger partial charge is 0.306 e. The van der Waals surface area contributed by atoms with Gasteiger partial charge in [0, 0.05) is 19.6 Å². The van der Waals surface area contributed by atoms with Gasteiger partial charge >= 0.3 is 5.97 Å². The van der Waals surface area contributed by atoms with Crippen LogP contribution in [0.5, 0.6) is 0 Å². The number of ether oxygens (including phenoxy) is 1. The van der Waals surface area contributed by atoms with Crippen molar-refractivity contribution >= 4 is 5.97 Å². The second-order valence-electron chi connectivity index (χ2n) is 7.77. The normalized spacial score (nSPS) is 30.4. The van der Waals surface area contributed by atoms with E-state index >= 15 is 0 Å². The zero-order valence-electron chi connectivity index (χ0n) is 14.3. The molecule has 1 spiro atoms. The molecule has 1 saturated heterocycles. The van der Waals surface area contributed by atoms with Gasteiger partial charge in [-0.05, 0) is 60.6 Å². The van der Waals surface area contributed by atoms with Crippen LogP contribution in [0.15, 0.2) is 18.2 Å². The second kappa shape index (κ2) is 6.49. The largest absolute Gasteiger partial charge is 0.481 e. The van der Waals surface area contributed by atoms with E-state index in [1.165, 1.54) is 23.1 Å². The topological polar surface area (TPSA) is 49.8 Å². The maximum absolute atomic E-state index is 11.3. The molecule has 1 saturated carbocycles. The van der Waals surface area contributed by atoms with Gasteiger partial charge in [0.1, 0.15) is 0 Å². The van der Waals surface area contributed by atoms with Crippen LogP contribution in [0.1, 0.15) is 48.8 Å². The van der Waals surface area contributed by atoms with Gasteiger partial charge in [0.15, 0.2) is 0 Å². The van der Waals surface area contributed by atoms with E-state index in [0.29, 0.717) is 0 Å². The number of aryl methyl sites for hydroxylation is 1. The Morgan fingerprint density at radius 1 is 1.21 bits per heavy atom. The van der Waals surface area contributed by atoms with Crippen LogP contribution in [0.3, 0.4) is 0 Å². The molecule has 4 rings (SSSR count). The predicted molar refractivity (Wildman–Crippen MR) is 92.1 cm³/mol. The maximum Gasteiger partial charge on any atom is 0.306 e. The number of benzene rings is 1. The van der Waals surface area contributed by atoms with Crippen LogP contribution in [0.2, 0.25) is 0 Å². The summed E-state index contributed by atoms with van der Waals surface area (Å²) in [6, 6.07) is 7.04. The minimum atomic E-state index is -0.607. The van der Waals surface area contributed by atoms with E-state index in [0.717, 1.165) is 65.0 Å². The molecule has 0 radical (unpaired) electrons. The zero-order chi connectivity index (χ0) is 16.6. The summed E-state index contributed by atoms with van der Waals surface area (Å²) in [6.45, 7) is 4.71. The second-order valence-corrected chi connectivity index (χ2v) is 7.77. The number of carbonyl (C=O) groups is 1. The molecule has 1 N–H and O–H groups in total. The number of nitrogens with zero attached hydrogens (tertiary/aromatic N) is 1. The third-order valence-corrected chi connectivity index (χ3v) is 6.42. The molecule has 1 aromatic carbocycles. The highest BCUT2D eigenvalue weighted by molar-refractivity contribution is 5.70. The van der Waals surface area contributed by atoms with Crippen LogP contribution in [-0.2, 0) is 27.9 Å². The molecule has 0 aromatic heterocycles. The van der Waals surface area contributed by atoms with E-state index in [9.17, 15) is 9.90 Å². The molecule has 3 aliphatic rings. The summed E-state index contributed by atoms with van der Waals surface area (Å²) in [5.41, 5.74) is 4.67. The van der Waals surface area contributed by atoms with Crippen molar-refractivity contribution in [3.8, 4) is 0 Å². The van der Waals surface area contributed by atoms with Gasteiger partial charge in [0.2, 0.25) is 0 Å². The van der Waals surface area contributed by atoms with Gasteiger partial charge in [-0.15, -0.1) is 0 Å². The lowest BCUT2D eigenvalue weighted by Gasteiger charge is -2.37. The molecule has 2 aliphatic carbocycles. The fraction of sp³-hybridized carbons (Fsp3) is 0.650. The molecule has 1 aromatic rings. The monoisotopic (exact) mass is 329 g/mol. The van der Waals surface area contributed by atoms with Crippen LogP contribution in [0.25, 0.3) is 0 Å². The third-order valence-electron chi connectivity index (χ3n) is 6.42. The first-order valence-electron chi connectivity index (χ1n) is 9.31. The Hall–Kier alpha value is -1.39. The van der Waals surface area contributed by atoms with E-state index in [-0.39, 0.29) is 11.3 Å². The van der Waals surface area contributed by atoms with Gasteiger partial charge in [0.25, 0.3) is 0 Å². The van der Waals surface area contributed by atoms with E-state index < -0.39 is 5.97 Å². The minimum absolute atomic E-state index is 0.129. The third kappa shape index (κ3) is 2.98. The number of fused-ring (bicyclic) bond motifs is 2. The lowest BCUT2D eigenvalue weighted by atomic mass is 9.67. The quantitative estimate of drug-likeness (QED) is 0.926. The highest BCUT2D eigenvalue weighted by Crippen LogP contribution is 2.50. The number of aliphatic carboxylic acids is 1. The van der Waals surface area contributed by atoms with Crippen LogP contribution in [0, 0.1) is 5.92 Å². The summed E-state index contributed by atoms with van der Waals surface area (Å²) in [6.07, 6.45) is 6.11. The molecule has 0 atom stereocenters. The predicted octanol–water partition coefficient (Wildman–Crippen LogP) is 2.98. The Labute approximate surface area is 143 Å². The number of carboxylic acid groups (broad SMARTS) is 1. The molecule has 4 nitrogen and oxygen atoms in total. The summed E-state index contributed by atoms with van der Waals surface area (Å²) in [5, 5.41) is 9.28. The van der Waals surface area contributed by atoms with E-state index in [4.69, 9.17) is 4.74 Å². The standard InChI is InChI=1S/C20H27NO3/c22-19(23)17-4-7-20(8-5-17)6-3-16-2-1-15(13-18(16)20)14-21-9-11-24-12-10-21/h1-2,13,17H,3-12,14H2,(H,22,23). The fourth-order valence-corrected chi connectivity index (χ4v) is 4.90. The molecule has 4 heteroatoms. The van der Waals surface area contributed by atoms with E-state index in [1.807, 2.05) is 0 Å². The van der Waals surface area contributed by atoms with E-state index in [2.05, 4.69) is 23.1 Å². The first kappa shape index (κ1) is 16.1. The van der Waals surface area contributed by atoms with Crippen molar-refractivity contribution in [2.24, 2.45) is 5.92 Å². The van der Waals surface area contributed by atoms with Crippen LogP contribution in [-0.4, -0.2) is 42.3 Å². The van der Waals surface area contributed by atoms with Gasteiger partial charge < -0.3 is 9.84 Å². The van der Waals surface area contributed by atoms with Crippen molar-refractivity contribution in [2.75, 3.05) is 26.3 Å². The molecular weight excluding hydrogens is 302 g/mol. The van der Waals surface area contributed by atoms with Gasteiger partial charge in [-0.25, -0.2) is 0 Å². The number of morpholine rings is 1. The Kier molecular flexibility index (Phi) is 4.35. The highest BCUT2D eigenvalue weighted by atomic mass is 16.5. The summed E-state index contributed by atoms with van der Waals surface area (Å²) in [7, 11) is 0. The molecule has 0 bridgehead atoms. The average molecular weight is 329 g/mol. The maximum atomic E-state index is 11.3. The Bertz CT molecular complexity index is 613. The lowest BCUT2D eigenvalue weighted by Crippen LogP contribution is -2.36. The van der Waals surface area contributed by atoms with Gasteiger partial charge in [-0.2, -0.15) is 0 Å². The summed E-state index contributed by atoms with van der Waals surface area (Å²) >= 11 is 0. The van der Waals surface area contributed by atoms with Gasteiger partial charge in [-0.3, -0.25) is 9.69 Å². The highest BCUT2D eigenvalue weighted by Gasteiger charge is 2.42. The SMILES string of the molecule is O=C(O)C1CCC2(CCc3ccc(CN4CCOCC4)cc32)CC1. The van der Waals surface area contributed by atoms with Gasteiger partial charge in [-0.1, -0.05) is 18.2 Å². The fourth-order valence-electron chi connectivity index (χ4n) is 4.90. The van der Waals surface area contributed by atoms with E-state index in [1.54, 1.807) is 0 Å². The van der Waals surface area contributed by atoms with Crippen molar-refractivity contribution in [1.82, 2.24) is 4.90 Å². The number of hydrogen-bond acceptors (Lipinski definition) is 3. The molecular formula is C20H27NO3. The zero-order valence-corrected chi connectivity index (χ0v) is 14.3.